The van der Waals surface area contributed by atoms with Crippen molar-refractivity contribution in [2.24, 2.45) is 10.7 Å². The van der Waals surface area contributed by atoms with E-state index in [1.54, 1.807) is 0 Å². The van der Waals surface area contributed by atoms with E-state index in [-0.39, 0.29) is 0 Å². The van der Waals surface area contributed by atoms with E-state index in [9.17, 15) is 0 Å². The van der Waals surface area contributed by atoms with Gasteiger partial charge in [-0.3, -0.25) is 4.99 Å². The number of nitrogens with one attached hydrogen (secondary N) is 1. The molecular weight excluding hydrogens is 298 g/mol. The Kier molecular flexibility index (Phi) is 7.84. The Hall–Kier alpha value is -2.33. The molecule has 0 aliphatic heterocycles. The van der Waals surface area contributed by atoms with Gasteiger partial charge in [-0.2, -0.15) is 0 Å². The van der Waals surface area contributed by atoms with Crippen LogP contribution in [0.25, 0.3) is 0 Å². The Morgan fingerprint density at radius 2 is 1.83 bits per heavy atom. The molecule has 2 aromatic carbocycles. The number of anilines is 1. The Morgan fingerprint density at radius 1 is 1.04 bits per heavy atom. The SMILES string of the molecule is CCc1cccc(NC(N)=NCCCCOCc2ccccc2)c1. The molecule has 24 heavy (non-hydrogen) atoms. The first-order valence-corrected chi connectivity index (χ1v) is 8.55. The summed E-state index contributed by atoms with van der Waals surface area (Å²) in [4.78, 5) is 4.36. The average molecular weight is 325 g/mol. The van der Waals surface area contributed by atoms with Crippen molar-refractivity contribution in [3.8, 4) is 0 Å². The minimum absolute atomic E-state index is 0.466. The Bertz CT molecular complexity index is 626. The number of unbranched alkanes of at least 4 members (excludes halogenated alkanes) is 1. The van der Waals surface area contributed by atoms with E-state index in [1.165, 1.54) is 11.1 Å². The largest absolute Gasteiger partial charge is 0.377 e. The van der Waals surface area contributed by atoms with Gasteiger partial charge < -0.3 is 15.8 Å². The summed E-state index contributed by atoms with van der Waals surface area (Å²) < 4.78 is 5.65. The molecule has 3 N–H and O–H groups in total. The summed E-state index contributed by atoms with van der Waals surface area (Å²) >= 11 is 0. The van der Waals surface area contributed by atoms with Gasteiger partial charge in [0.05, 0.1) is 6.61 Å². The minimum atomic E-state index is 0.466. The summed E-state index contributed by atoms with van der Waals surface area (Å²) in [5.74, 6) is 0.466. The number of aryl methyl sites for hydroxylation is 1. The lowest BCUT2D eigenvalue weighted by molar-refractivity contribution is 0.117. The summed E-state index contributed by atoms with van der Waals surface area (Å²) in [6.07, 6.45) is 2.96. The molecule has 4 nitrogen and oxygen atoms in total. The number of rotatable bonds is 9. The Balaban J connectivity index is 1.59. The standard InChI is InChI=1S/C20H27N3O/c1-2-17-11-8-12-19(15-17)23-20(21)22-13-6-7-14-24-16-18-9-4-3-5-10-18/h3-5,8-12,15H,2,6-7,13-14,16H2,1H3,(H3,21,22,23). The molecule has 4 heteroatoms. The quantitative estimate of drug-likeness (QED) is 0.416. The van der Waals surface area contributed by atoms with E-state index >= 15 is 0 Å². The number of hydrogen-bond acceptors (Lipinski definition) is 2. The number of nitrogens with two attached hydrogens (primary N) is 1. The lowest BCUT2D eigenvalue weighted by atomic mass is 10.1. The second-order valence-corrected chi connectivity index (χ2v) is 5.69. The smallest absolute Gasteiger partial charge is 0.193 e. The summed E-state index contributed by atoms with van der Waals surface area (Å²) in [5.41, 5.74) is 9.40. The number of ether oxygens (including phenoxy) is 1. The van der Waals surface area contributed by atoms with Gasteiger partial charge >= 0.3 is 0 Å². The molecule has 0 heterocycles. The van der Waals surface area contributed by atoms with E-state index in [0.29, 0.717) is 19.1 Å². The molecule has 0 spiro atoms. The average Bonchev–Trinajstić information content (AvgIpc) is 2.62. The van der Waals surface area contributed by atoms with Crippen LogP contribution in [-0.4, -0.2) is 19.1 Å². The first kappa shape index (κ1) is 18.0. The van der Waals surface area contributed by atoms with Crippen LogP contribution in [0.2, 0.25) is 0 Å². The zero-order valence-electron chi connectivity index (χ0n) is 14.4. The van der Waals surface area contributed by atoms with Gasteiger partial charge in [0.2, 0.25) is 0 Å². The predicted octanol–water partition coefficient (Wildman–Crippen LogP) is 3.97. The highest BCUT2D eigenvalue weighted by Crippen LogP contribution is 2.10. The zero-order chi connectivity index (χ0) is 17.0. The fourth-order valence-electron chi connectivity index (χ4n) is 2.34. The third-order valence-corrected chi connectivity index (χ3v) is 3.70. The van der Waals surface area contributed by atoms with Crippen molar-refractivity contribution in [3.05, 3.63) is 65.7 Å². The van der Waals surface area contributed by atoms with Crippen LogP contribution in [0.5, 0.6) is 0 Å². The second kappa shape index (κ2) is 10.4. The van der Waals surface area contributed by atoms with E-state index in [0.717, 1.165) is 31.6 Å². The highest BCUT2D eigenvalue weighted by Gasteiger charge is 1.97. The molecule has 128 valence electrons. The molecule has 0 fully saturated rings. The first-order chi connectivity index (χ1) is 11.8. The molecule has 0 amide bonds. The molecule has 0 saturated carbocycles. The van der Waals surface area contributed by atoms with Crippen LogP contribution < -0.4 is 11.1 Å². The zero-order valence-corrected chi connectivity index (χ0v) is 14.4. The van der Waals surface area contributed by atoms with Gasteiger partial charge in [0.15, 0.2) is 5.96 Å². The number of nitrogens with zero attached hydrogens (tertiary/aromatic N) is 1. The topological polar surface area (TPSA) is 59.6 Å². The van der Waals surface area contributed by atoms with Crippen LogP contribution in [0.1, 0.15) is 30.9 Å². The fourth-order valence-corrected chi connectivity index (χ4v) is 2.34. The number of benzene rings is 2. The number of aliphatic imine (C=N–C) groups is 1. The molecule has 0 atom stereocenters. The normalized spacial score (nSPS) is 11.5. The van der Waals surface area contributed by atoms with Gasteiger partial charge in [-0.15, -0.1) is 0 Å². The number of hydrogen-bond donors (Lipinski definition) is 2. The van der Waals surface area contributed by atoms with Gasteiger partial charge in [-0.05, 0) is 42.5 Å². The molecule has 0 aliphatic rings. The maximum atomic E-state index is 5.92. The minimum Gasteiger partial charge on any atom is -0.377 e. The molecular formula is C20H27N3O. The van der Waals surface area contributed by atoms with Crippen molar-refractivity contribution in [1.29, 1.82) is 0 Å². The maximum Gasteiger partial charge on any atom is 0.193 e. The van der Waals surface area contributed by atoms with Gasteiger partial charge in [0.25, 0.3) is 0 Å². The van der Waals surface area contributed by atoms with Gasteiger partial charge in [-0.25, -0.2) is 0 Å². The first-order valence-electron chi connectivity index (χ1n) is 8.55. The van der Waals surface area contributed by atoms with Crippen LogP contribution in [0.15, 0.2) is 59.6 Å². The molecule has 0 bridgehead atoms. The van der Waals surface area contributed by atoms with Crippen molar-refractivity contribution < 1.29 is 4.74 Å². The summed E-state index contributed by atoms with van der Waals surface area (Å²) in [5, 5.41) is 3.14. The van der Waals surface area contributed by atoms with Gasteiger partial charge in [-0.1, -0.05) is 49.4 Å². The molecule has 0 aromatic heterocycles. The third-order valence-electron chi connectivity index (χ3n) is 3.70. The van der Waals surface area contributed by atoms with Crippen LogP contribution in [0, 0.1) is 0 Å². The maximum absolute atomic E-state index is 5.92. The van der Waals surface area contributed by atoms with E-state index in [4.69, 9.17) is 10.5 Å². The Labute approximate surface area is 144 Å². The molecule has 0 aliphatic carbocycles. The van der Waals surface area contributed by atoms with Crippen LogP contribution >= 0.6 is 0 Å². The Morgan fingerprint density at radius 3 is 2.62 bits per heavy atom. The lowest BCUT2D eigenvalue weighted by Crippen LogP contribution is -2.22. The molecule has 0 radical (unpaired) electrons. The van der Waals surface area contributed by atoms with Crippen molar-refractivity contribution in [2.45, 2.75) is 32.8 Å². The summed E-state index contributed by atoms with van der Waals surface area (Å²) in [6, 6.07) is 18.4. The van der Waals surface area contributed by atoms with Crippen molar-refractivity contribution in [1.82, 2.24) is 0 Å². The third kappa shape index (κ3) is 6.84. The summed E-state index contributed by atoms with van der Waals surface area (Å²) in [7, 11) is 0. The van der Waals surface area contributed by atoms with E-state index in [2.05, 4.69) is 41.5 Å². The van der Waals surface area contributed by atoms with Crippen molar-refractivity contribution in [3.63, 3.8) is 0 Å². The molecule has 2 aromatic rings. The van der Waals surface area contributed by atoms with Gasteiger partial charge in [0, 0.05) is 18.8 Å². The van der Waals surface area contributed by atoms with E-state index < -0.39 is 0 Å². The molecule has 2 rings (SSSR count). The summed E-state index contributed by atoms with van der Waals surface area (Å²) in [6.45, 7) is 4.26. The molecule has 0 saturated heterocycles. The van der Waals surface area contributed by atoms with Crippen molar-refractivity contribution in [2.75, 3.05) is 18.5 Å². The molecule has 0 unspecified atom stereocenters. The van der Waals surface area contributed by atoms with Crippen LogP contribution in [0.3, 0.4) is 0 Å². The van der Waals surface area contributed by atoms with Crippen LogP contribution in [-0.2, 0) is 17.8 Å². The lowest BCUT2D eigenvalue weighted by Gasteiger charge is -2.07. The highest BCUT2D eigenvalue weighted by molar-refractivity contribution is 5.92. The van der Waals surface area contributed by atoms with E-state index in [1.807, 2.05) is 30.3 Å². The fraction of sp³-hybridized carbons (Fsp3) is 0.350. The monoisotopic (exact) mass is 325 g/mol. The number of guanidine groups is 1. The second-order valence-electron chi connectivity index (χ2n) is 5.69. The predicted molar refractivity (Wildman–Crippen MR) is 101 cm³/mol. The van der Waals surface area contributed by atoms with Crippen LogP contribution in [0.4, 0.5) is 5.69 Å². The highest BCUT2D eigenvalue weighted by atomic mass is 16.5. The van der Waals surface area contributed by atoms with Gasteiger partial charge in [0.1, 0.15) is 0 Å². The van der Waals surface area contributed by atoms with Crippen molar-refractivity contribution >= 4 is 11.6 Å².